The van der Waals surface area contributed by atoms with Crippen LogP contribution in [0, 0.1) is 5.92 Å². The summed E-state index contributed by atoms with van der Waals surface area (Å²) in [4.78, 5) is 24.1. The lowest BCUT2D eigenvalue weighted by atomic mass is 9.97. The molecule has 0 radical (unpaired) electrons. The minimum absolute atomic E-state index is 0.0166. The van der Waals surface area contributed by atoms with Gasteiger partial charge in [0.05, 0.1) is 19.6 Å². The number of nitrogens with zero attached hydrogens (tertiary/aromatic N) is 1. The number of carbonyl (C=O) groups is 2. The Bertz CT molecular complexity index is 619. The molecule has 1 aliphatic rings. The van der Waals surface area contributed by atoms with E-state index in [0.29, 0.717) is 29.2 Å². The van der Waals surface area contributed by atoms with Gasteiger partial charge < -0.3 is 19.7 Å². The van der Waals surface area contributed by atoms with E-state index in [4.69, 9.17) is 9.47 Å². The van der Waals surface area contributed by atoms with E-state index >= 15 is 0 Å². The van der Waals surface area contributed by atoms with E-state index in [0.717, 1.165) is 0 Å². The fraction of sp³-hybridized carbons (Fsp3) is 0.529. The van der Waals surface area contributed by atoms with Gasteiger partial charge in [-0.15, -0.1) is 0 Å². The second-order valence-corrected chi connectivity index (χ2v) is 5.90. The molecule has 0 spiro atoms. The van der Waals surface area contributed by atoms with Crippen molar-refractivity contribution in [1.29, 1.82) is 0 Å². The molecule has 2 amide bonds. The summed E-state index contributed by atoms with van der Waals surface area (Å²) in [5.74, 6) is -1.60. The maximum absolute atomic E-state index is 12.5. The average Bonchev–Trinajstić information content (AvgIpc) is 2.64. The molecule has 144 valence electrons. The number of amides is 2. The monoisotopic (exact) mass is 374 g/mol. The fourth-order valence-electron chi connectivity index (χ4n) is 2.71. The zero-order valence-electron chi connectivity index (χ0n) is 14.3. The molecule has 1 aromatic rings. The summed E-state index contributed by atoms with van der Waals surface area (Å²) in [7, 11) is 1.56. The van der Waals surface area contributed by atoms with Crippen molar-refractivity contribution >= 4 is 11.8 Å². The van der Waals surface area contributed by atoms with Crippen LogP contribution in [0.3, 0.4) is 0 Å². The second-order valence-electron chi connectivity index (χ2n) is 5.90. The van der Waals surface area contributed by atoms with Gasteiger partial charge in [-0.05, 0) is 37.1 Å². The molecular formula is C17H21F3N2O4. The molecule has 26 heavy (non-hydrogen) atoms. The third-order valence-electron chi connectivity index (χ3n) is 4.05. The molecule has 9 heteroatoms. The zero-order valence-corrected chi connectivity index (χ0v) is 14.3. The summed E-state index contributed by atoms with van der Waals surface area (Å²) in [5.41, 5.74) is 0. The van der Waals surface area contributed by atoms with E-state index in [1.54, 1.807) is 31.4 Å². The first-order valence-corrected chi connectivity index (χ1v) is 8.22. The predicted molar refractivity (Wildman–Crippen MR) is 86.9 cm³/mol. The molecule has 1 heterocycles. The highest BCUT2D eigenvalue weighted by Gasteiger charge is 2.44. The van der Waals surface area contributed by atoms with Crippen molar-refractivity contribution in [2.24, 2.45) is 5.92 Å². The standard InChI is InChI=1S/C17H21F3N2O4/c1-25-13-4-6-14(7-5-13)26-10-8-21-15(23)12-3-2-9-22(11-12)16(24)17(18,19)20/h4-7,12H,2-3,8-11H2,1H3,(H,21,23). The van der Waals surface area contributed by atoms with E-state index in [2.05, 4.69) is 5.32 Å². The lowest BCUT2D eigenvalue weighted by molar-refractivity contribution is -0.187. The number of hydrogen-bond donors (Lipinski definition) is 1. The first-order valence-electron chi connectivity index (χ1n) is 8.22. The van der Waals surface area contributed by atoms with E-state index < -0.39 is 18.0 Å². The number of benzene rings is 1. The van der Waals surface area contributed by atoms with Gasteiger partial charge in [-0.2, -0.15) is 13.2 Å². The number of rotatable bonds is 6. The summed E-state index contributed by atoms with van der Waals surface area (Å²) >= 11 is 0. The number of alkyl halides is 3. The van der Waals surface area contributed by atoms with Crippen molar-refractivity contribution < 1.29 is 32.2 Å². The SMILES string of the molecule is COc1ccc(OCCNC(=O)C2CCCN(C(=O)C(F)(F)F)C2)cc1. The number of piperidine rings is 1. The van der Waals surface area contributed by atoms with Crippen LogP contribution in [0.1, 0.15) is 12.8 Å². The Labute approximate surface area is 149 Å². The van der Waals surface area contributed by atoms with Crippen LogP contribution < -0.4 is 14.8 Å². The maximum Gasteiger partial charge on any atom is 0.471 e. The molecule has 6 nitrogen and oxygen atoms in total. The van der Waals surface area contributed by atoms with Gasteiger partial charge in [0.15, 0.2) is 0 Å². The van der Waals surface area contributed by atoms with E-state index in [9.17, 15) is 22.8 Å². The predicted octanol–water partition coefficient (Wildman–Crippen LogP) is 1.99. The van der Waals surface area contributed by atoms with Crippen molar-refractivity contribution in [3.8, 4) is 11.5 Å². The lowest BCUT2D eigenvalue weighted by Gasteiger charge is -2.32. The minimum atomic E-state index is -4.91. The number of hydrogen-bond acceptors (Lipinski definition) is 4. The Morgan fingerprint density at radius 2 is 1.88 bits per heavy atom. The molecule has 0 bridgehead atoms. The van der Waals surface area contributed by atoms with Crippen LogP contribution >= 0.6 is 0 Å². The Balaban J connectivity index is 1.74. The number of likely N-dealkylation sites (tertiary alicyclic amines) is 1. The van der Waals surface area contributed by atoms with Gasteiger partial charge in [0, 0.05) is 13.1 Å². The molecule has 1 fully saturated rings. The number of ether oxygens (including phenoxy) is 2. The number of carbonyl (C=O) groups excluding carboxylic acids is 2. The molecule has 1 unspecified atom stereocenters. The van der Waals surface area contributed by atoms with Crippen molar-refractivity contribution in [1.82, 2.24) is 10.2 Å². The Hall–Kier alpha value is -2.45. The van der Waals surface area contributed by atoms with Gasteiger partial charge in [0.2, 0.25) is 5.91 Å². The molecule has 1 aromatic carbocycles. The third kappa shape index (κ3) is 5.53. The van der Waals surface area contributed by atoms with Crippen molar-refractivity contribution in [2.45, 2.75) is 19.0 Å². The molecular weight excluding hydrogens is 353 g/mol. The number of methoxy groups -OCH3 is 1. The van der Waals surface area contributed by atoms with E-state index in [1.807, 2.05) is 0 Å². The van der Waals surface area contributed by atoms with Crippen LogP contribution in [-0.2, 0) is 9.59 Å². The highest BCUT2D eigenvalue weighted by atomic mass is 19.4. The molecule has 1 atom stereocenters. The summed E-state index contributed by atoms with van der Waals surface area (Å²) in [6.07, 6.45) is -4.10. The van der Waals surface area contributed by atoms with Crippen LogP contribution in [0.5, 0.6) is 11.5 Å². The zero-order chi connectivity index (χ0) is 19.2. The first kappa shape index (κ1) is 19.9. The number of halogens is 3. The van der Waals surface area contributed by atoms with Crippen LogP contribution in [0.4, 0.5) is 13.2 Å². The molecule has 0 aliphatic carbocycles. The van der Waals surface area contributed by atoms with Crippen LogP contribution in [0.25, 0.3) is 0 Å². The Kier molecular flexibility index (Phi) is 6.70. The molecule has 1 saturated heterocycles. The van der Waals surface area contributed by atoms with Crippen LogP contribution in [-0.4, -0.2) is 56.2 Å². The molecule has 0 saturated carbocycles. The molecule has 1 N–H and O–H groups in total. The number of nitrogens with one attached hydrogen (secondary N) is 1. The van der Waals surface area contributed by atoms with Gasteiger partial charge in [-0.3, -0.25) is 9.59 Å². The highest BCUT2D eigenvalue weighted by molar-refractivity contribution is 5.84. The quantitative estimate of drug-likeness (QED) is 0.774. The van der Waals surface area contributed by atoms with Gasteiger partial charge in [-0.25, -0.2) is 0 Å². The van der Waals surface area contributed by atoms with Crippen LogP contribution in [0.15, 0.2) is 24.3 Å². The Morgan fingerprint density at radius 3 is 2.50 bits per heavy atom. The van der Waals surface area contributed by atoms with Gasteiger partial charge in [0.1, 0.15) is 18.1 Å². The molecule has 2 rings (SSSR count). The topological polar surface area (TPSA) is 67.9 Å². The van der Waals surface area contributed by atoms with E-state index in [1.165, 1.54) is 0 Å². The smallest absolute Gasteiger partial charge is 0.471 e. The maximum atomic E-state index is 12.5. The van der Waals surface area contributed by atoms with Gasteiger partial charge >= 0.3 is 12.1 Å². The summed E-state index contributed by atoms with van der Waals surface area (Å²) in [5, 5.41) is 2.64. The summed E-state index contributed by atoms with van der Waals surface area (Å²) < 4.78 is 48.0. The fourth-order valence-corrected chi connectivity index (χ4v) is 2.71. The summed E-state index contributed by atoms with van der Waals surface area (Å²) in [6.45, 7) is 0.233. The van der Waals surface area contributed by atoms with E-state index in [-0.39, 0.29) is 32.1 Å². The minimum Gasteiger partial charge on any atom is -0.497 e. The largest absolute Gasteiger partial charge is 0.497 e. The van der Waals surface area contributed by atoms with Crippen LogP contribution in [0.2, 0.25) is 0 Å². The van der Waals surface area contributed by atoms with Gasteiger partial charge in [-0.1, -0.05) is 0 Å². The van der Waals surface area contributed by atoms with Crippen molar-refractivity contribution in [2.75, 3.05) is 33.4 Å². The average molecular weight is 374 g/mol. The summed E-state index contributed by atoms with van der Waals surface area (Å²) in [6, 6.07) is 6.93. The third-order valence-corrected chi connectivity index (χ3v) is 4.05. The van der Waals surface area contributed by atoms with Crippen molar-refractivity contribution in [3.05, 3.63) is 24.3 Å². The second kappa shape index (κ2) is 8.77. The molecule has 0 aromatic heterocycles. The normalized spacial score (nSPS) is 17.5. The highest BCUT2D eigenvalue weighted by Crippen LogP contribution is 2.24. The van der Waals surface area contributed by atoms with Gasteiger partial charge in [0.25, 0.3) is 0 Å². The molecule has 1 aliphatic heterocycles. The lowest BCUT2D eigenvalue weighted by Crippen LogP contribution is -2.49. The Morgan fingerprint density at radius 1 is 1.23 bits per heavy atom. The first-order chi connectivity index (χ1) is 12.3. The van der Waals surface area contributed by atoms with Crippen molar-refractivity contribution in [3.63, 3.8) is 0 Å².